The molecule has 0 fully saturated rings. The fourth-order valence-electron chi connectivity index (χ4n) is 1.46. The van der Waals surface area contributed by atoms with E-state index in [4.69, 9.17) is 10.2 Å². The SMILES string of the molecule is NCCCc1ncc(-c2ccc(Br)c(F)c2)o1. The van der Waals surface area contributed by atoms with Gasteiger partial charge in [-0.1, -0.05) is 0 Å². The van der Waals surface area contributed by atoms with Gasteiger partial charge in [0.25, 0.3) is 0 Å². The van der Waals surface area contributed by atoms with Gasteiger partial charge in [-0.3, -0.25) is 0 Å². The number of aromatic nitrogens is 1. The van der Waals surface area contributed by atoms with Crippen LogP contribution in [0.3, 0.4) is 0 Å². The van der Waals surface area contributed by atoms with Crippen molar-refractivity contribution in [3.05, 3.63) is 40.6 Å². The van der Waals surface area contributed by atoms with E-state index < -0.39 is 0 Å². The van der Waals surface area contributed by atoms with Gasteiger partial charge in [-0.2, -0.15) is 0 Å². The monoisotopic (exact) mass is 298 g/mol. The molecule has 1 heterocycles. The number of hydrogen-bond acceptors (Lipinski definition) is 3. The number of oxazole rings is 1. The van der Waals surface area contributed by atoms with E-state index in [1.165, 1.54) is 6.07 Å². The lowest BCUT2D eigenvalue weighted by atomic mass is 10.2. The number of nitrogens with two attached hydrogens (primary N) is 1. The van der Waals surface area contributed by atoms with Gasteiger partial charge >= 0.3 is 0 Å². The summed E-state index contributed by atoms with van der Waals surface area (Å²) in [7, 11) is 0. The molecular weight excluding hydrogens is 287 g/mol. The maximum Gasteiger partial charge on any atom is 0.194 e. The Labute approximate surface area is 107 Å². The Hall–Kier alpha value is -1.20. The standard InChI is InChI=1S/C12H12BrFN2O/c13-9-4-3-8(6-10(9)14)11-7-16-12(17-11)2-1-5-15/h3-4,6-7H,1-2,5,15H2. The second-order valence-electron chi connectivity index (χ2n) is 3.64. The van der Waals surface area contributed by atoms with Crippen molar-refractivity contribution < 1.29 is 8.81 Å². The predicted octanol–water partition coefficient (Wildman–Crippen LogP) is 3.13. The molecule has 17 heavy (non-hydrogen) atoms. The molecule has 0 bridgehead atoms. The number of hydrogen-bond donors (Lipinski definition) is 1. The van der Waals surface area contributed by atoms with Gasteiger partial charge < -0.3 is 10.2 Å². The molecule has 0 spiro atoms. The van der Waals surface area contributed by atoms with Crippen LogP contribution >= 0.6 is 15.9 Å². The topological polar surface area (TPSA) is 52.0 Å². The summed E-state index contributed by atoms with van der Waals surface area (Å²) < 4.78 is 19.3. The predicted molar refractivity (Wildman–Crippen MR) is 67.0 cm³/mol. The molecule has 0 radical (unpaired) electrons. The Balaban J connectivity index is 2.21. The van der Waals surface area contributed by atoms with Crippen LogP contribution in [0.5, 0.6) is 0 Å². The van der Waals surface area contributed by atoms with Crippen molar-refractivity contribution in [2.75, 3.05) is 6.54 Å². The van der Waals surface area contributed by atoms with Crippen LogP contribution in [0.15, 0.2) is 33.3 Å². The van der Waals surface area contributed by atoms with Crippen molar-refractivity contribution in [3.63, 3.8) is 0 Å². The molecule has 2 N–H and O–H groups in total. The fourth-order valence-corrected chi connectivity index (χ4v) is 1.71. The second kappa shape index (κ2) is 5.42. The molecule has 2 rings (SSSR count). The van der Waals surface area contributed by atoms with Gasteiger partial charge in [-0.15, -0.1) is 0 Å². The van der Waals surface area contributed by atoms with Gasteiger partial charge in [0, 0.05) is 12.0 Å². The Morgan fingerprint density at radius 3 is 2.94 bits per heavy atom. The molecule has 0 unspecified atom stereocenters. The largest absolute Gasteiger partial charge is 0.441 e. The highest BCUT2D eigenvalue weighted by Crippen LogP contribution is 2.25. The highest BCUT2D eigenvalue weighted by Gasteiger charge is 2.08. The minimum absolute atomic E-state index is 0.317. The van der Waals surface area contributed by atoms with Gasteiger partial charge in [0.05, 0.1) is 10.7 Å². The lowest BCUT2D eigenvalue weighted by Gasteiger charge is -1.98. The Morgan fingerprint density at radius 2 is 2.24 bits per heavy atom. The molecule has 1 aromatic heterocycles. The maximum atomic E-state index is 13.3. The highest BCUT2D eigenvalue weighted by atomic mass is 79.9. The first kappa shape index (κ1) is 12.3. The molecule has 0 amide bonds. The average Bonchev–Trinajstić information content (AvgIpc) is 2.79. The number of halogens is 2. The molecule has 0 atom stereocenters. The van der Waals surface area contributed by atoms with Gasteiger partial charge in [0.2, 0.25) is 0 Å². The quantitative estimate of drug-likeness (QED) is 0.943. The first-order chi connectivity index (χ1) is 8.20. The molecule has 2 aromatic rings. The third-order valence-corrected chi connectivity index (χ3v) is 3.00. The molecule has 1 aromatic carbocycles. The normalized spacial score (nSPS) is 10.8. The van der Waals surface area contributed by atoms with Crippen molar-refractivity contribution in [1.82, 2.24) is 4.98 Å². The van der Waals surface area contributed by atoms with E-state index in [-0.39, 0.29) is 5.82 Å². The van der Waals surface area contributed by atoms with Crippen molar-refractivity contribution in [2.24, 2.45) is 5.73 Å². The third-order valence-electron chi connectivity index (χ3n) is 2.35. The minimum Gasteiger partial charge on any atom is -0.441 e. The van der Waals surface area contributed by atoms with Crippen LogP contribution in [0.2, 0.25) is 0 Å². The van der Waals surface area contributed by atoms with E-state index in [2.05, 4.69) is 20.9 Å². The summed E-state index contributed by atoms with van der Waals surface area (Å²) in [6.07, 6.45) is 3.14. The second-order valence-corrected chi connectivity index (χ2v) is 4.49. The van der Waals surface area contributed by atoms with Crippen LogP contribution in [-0.4, -0.2) is 11.5 Å². The number of benzene rings is 1. The van der Waals surface area contributed by atoms with E-state index >= 15 is 0 Å². The van der Waals surface area contributed by atoms with Crippen LogP contribution in [0.25, 0.3) is 11.3 Å². The molecule has 3 nitrogen and oxygen atoms in total. The van der Waals surface area contributed by atoms with Crippen molar-refractivity contribution >= 4 is 15.9 Å². The third kappa shape index (κ3) is 2.92. The van der Waals surface area contributed by atoms with Crippen LogP contribution in [0, 0.1) is 5.82 Å². The maximum absolute atomic E-state index is 13.3. The van der Waals surface area contributed by atoms with Crippen molar-refractivity contribution in [1.29, 1.82) is 0 Å². The molecular formula is C12H12BrFN2O. The average molecular weight is 299 g/mol. The van der Waals surface area contributed by atoms with E-state index in [0.29, 0.717) is 34.7 Å². The molecule has 90 valence electrons. The summed E-state index contributed by atoms with van der Waals surface area (Å²) in [6.45, 7) is 0.602. The van der Waals surface area contributed by atoms with Crippen LogP contribution in [0.4, 0.5) is 4.39 Å². The molecule has 5 heteroatoms. The summed E-state index contributed by atoms with van der Waals surface area (Å²) in [4.78, 5) is 4.13. The first-order valence-corrected chi connectivity index (χ1v) is 6.10. The lowest BCUT2D eigenvalue weighted by Crippen LogP contribution is -2.00. The lowest BCUT2D eigenvalue weighted by molar-refractivity contribution is 0.499. The zero-order chi connectivity index (χ0) is 12.3. The summed E-state index contributed by atoms with van der Waals surface area (Å²) in [5, 5.41) is 0. The number of aryl methyl sites for hydroxylation is 1. The summed E-state index contributed by atoms with van der Waals surface area (Å²) >= 11 is 3.11. The molecule has 0 saturated heterocycles. The van der Waals surface area contributed by atoms with E-state index in [1.54, 1.807) is 18.3 Å². The Morgan fingerprint density at radius 1 is 1.41 bits per heavy atom. The van der Waals surface area contributed by atoms with Crippen LogP contribution in [0.1, 0.15) is 12.3 Å². The summed E-state index contributed by atoms with van der Waals surface area (Å²) in [6, 6.07) is 4.84. The fraction of sp³-hybridized carbons (Fsp3) is 0.250. The first-order valence-electron chi connectivity index (χ1n) is 5.31. The zero-order valence-corrected chi connectivity index (χ0v) is 10.7. The van der Waals surface area contributed by atoms with Crippen LogP contribution in [-0.2, 0) is 6.42 Å². The Bertz CT molecular complexity index is 513. The van der Waals surface area contributed by atoms with Crippen LogP contribution < -0.4 is 5.73 Å². The Kier molecular flexibility index (Phi) is 3.91. The minimum atomic E-state index is -0.317. The molecule has 0 saturated carbocycles. The summed E-state index contributed by atoms with van der Waals surface area (Å²) in [5.74, 6) is 0.889. The van der Waals surface area contributed by atoms with E-state index in [0.717, 1.165) is 6.42 Å². The van der Waals surface area contributed by atoms with Gasteiger partial charge in [0.15, 0.2) is 11.7 Å². The van der Waals surface area contributed by atoms with Crippen molar-refractivity contribution in [3.8, 4) is 11.3 Å². The van der Waals surface area contributed by atoms with Gasteiger partial charge in [0.1, 0.15) is 5.82 Å². The number of rotatable bonds is 4. The zero-order valence-electron chi connectivity index (χ0n) is 9.12. The van der Waals surface area contributed by atoms with E-state index in [9.17, 15) is 4.39 Å². The number of nitrogens with zero attached hydrogens (tertiary/aromatic N) is 1. The van der Waals surface area contributed by atoms with Gasteiger partial charge in [-0.05, 0) is 47.1 Å². The molecule has 0 aliphatic carbocycles. The molecule has 0 aliphatic heterocycles. The van der Waals surface area contributed by atoms with Gasteiger partial charge in [-0.25, -0.2) is 9.37 Å². The van der Waals surface area contributed by atoms with E-state index in [1.807, 2.05) is 0 Å². The summed E-state index contributed by atoms with van der Waals surface area (Å²) in [5.41, 5.74) is 6.08. The smallest absolute Gasteiger partial charge is 0.194 e. The van der Waals surface area contributed by atoms with Crippen molar-refractivity contribution in [2.45, 2.75) is 12.8 Å². The molecule has 0 aliphatic rings. The highest BCUT2D eigenvalue weighted by molar-refractivity contribution is 9.10.